The number of hydrogen-bond donors (Lipinski definition) is 2. The average Bonchev–Trinajstić information content (AvgIpc) is 3.05. The number of ketones is 1. The molecule has 2 heterocycles. The van der Waals surface area contributed by atoms with Crippen LogP contribution in [0.1, 0.15) is 36.6 Å². The Morgan fingerprint density at radius 3 is 2.36 bits per heavy atom. The number of pyridine rings is 1. The number of hydrogen-bond acceptors (Lipinski definition) is 6. The molecule has 1 aliphatic heterocycles. The minimum atomic E-state index is -0.822. The van der Waals surface area contributed by atoms with E-state index in [1.54, 1.807) is 54.9 Å². The highest BCUT2D eigenvalue weighted by molar-refractivity contribution is 6.46. The summed E-state index contributed by atoms with van der Waals surface area (Å²) in [6.45, 7) is 3.96. The van der Waals surface area contributed by atoms with Crippen LogP contribution in [0, 0.1) is 0 Å². The summed E-state index contributed by atoms with van der Waals surface area (Å²) in [7, 11) is 0. The third kappa shape index (κ3) is 4.57. The zero-order valence-corrected chi connectivity index (χ0v) is 18.3. The summed E-state index contributed by atoms with van der Waals surface area (Å²) >= 11 is 0. The molecule has 1 atom stereocenters. The highest BCUT2D eigenvalue weighted by atomic mass is 16.5. The van der Waals surface area contributed by atoms with Gasteiger partial charge in [-0.05, 0) is 67.4 Å². The lowest BCUT2D eigenvalue weighted by Crippen LogP contribution is -2.29. The normalized spacial score (nSPS) is 17.5. The van der Waals surface area contributed by atoms with Gasteiger partial charge in [-0.1, -0.05) is 18.2 Å². The highest BCUT2D eigenvalue weighted by Gasteiger charge is 2.46. The number of ether oxygens (including phenoxy) is 1. The van der Waals surface area contributed by atoms with E-state index in [2.05, 4.69) is 4.98 Å². The van der Waals surface area contributed by atoms with Crippen molar-refractivity contribution in [2.24, 2.45) is 0 Å². The van der Waals surface area contributed by atoms with Gasteiger partial charge in [-0.25, -0.2) is 0 Å². The number of benzene rings is 2. The van der Waals surface area contributed by atoms with Crippen LogP contribution in [-0.4, -0.2) is 37.9 Å². The topological polar surface area (TPSA) is 100.0 Å². The molecule has 2 aromatic carbocycles. The maximum atomic E-state index is 13.1. The van der Waals surface area contributed by atoms with Crippen LogP contribution in [-0.2, 0) is 16.1 Å². The molecule has 2 N–H and O–H groups in total. The predicted molar refractivity (Wildman–Crippen MR) is 122 cm³/mol. The van der Waals surface area contributed by atoms with Gasteiger partial charge in [0.1, 0.15) is 17.3 Å². The van der Waals surface area contributed by atoms with E-state index in [0.717, 1.165) is 5.56 Å². The van der Waals surface area contributed by atoms with Crippen molar-refractivity contribution in [2.45, 2.75) is 32.5 Å². The number of nitrogens with zero attached hydrogens (tertiary/aromatic N) is 2. The van der Waals surface area contributed by atoms with Crippen LogP contribution in [0.2, 0.25) is 0 Å². The molecular weight excluding hydrogens is 420 g/mol. The minimum absolute atomic E-state index is 0.00301. The van der Waals surface area contributed by atoms with Crippen molar-refractivity contribution in [3.05, 3.63) is 95.3 Å². The van der Waals surface area contributed by atoms with Crippen molar-refractivity contribution >= 4 is 17.4 Å². The lowest BCUT2D eigenvalue weighted by atomic mass is 9.95. The molecule has 1 saturated heterocycles. The fourth-order valence-corrected chi connectivity index (χ4v) is 3.85. The van der Waals surface area contributed by atoms with Gasteiger partial charge < -0.3 is 19.8 Å². The summed E-state index contributed by atoms with van der Waals surface area (Å²) in [6.07, 6.45) is 3.25. The van der Waals surface area contributed by atoms with Crippen LogP contribution in [0.4, 0.5) is 0 Å². The molecule has 7 heteroatoms. The Bertz CT molecular complexity index is 1190. The Hall–Kier alpha value is -4.13. The molecule has 1 aromatic heterocycles. The van der Waals surface area contributed by atoms with Crippen LogP contribution >= 0.6 is 0 Å². The van der Waals surface area contributed by atoms with Crippen LogP contribution < -0.4 is 4.74 Å². The lowest BCUT2D eigenvalue weighted by Gasteiger charge is -2.25. The summed E-state index contributed by atoms with van der Waals surface area (Å²) in [4.78, 5) is 31.6. The third-order valence-electron chi connectivity index (χ3n) is 5.32. The number of aromatic nitrogens is 1. The smallest absolute Gasteiger partial charge is 0.295 e. The molecule has 0 radical (unpaired) electrons. The Morgan fingerprint density at radius 1 is 1.06 bits per heavy atom. The van der Waals surface area contributed by atoms with Crippen molar-refractivity contribution < 1.29 is 24.5 Å². The SMILES string of the molecule is CC(C)Oc1ccc(C(O)=C2C(=O)C(=O)N(Cc3cccnc3)[C@@H]2c2ccc(O)cc2)cc1. The first kappa shape index (κ1) is 22.1. The van der Waals surface area contributed by atoms with E-state index < -0.39 is 17.7 Å². The fourth-order valence-electron chi connectivity index (χ4n) is 3.85. The number of carbonyl (C=O) groups is 2. The first-order valence-corrected chi connectivity index (χ1v) is 10.6. The van der Waals surface area contributed by atoms with Gasteiger partial charge in [-0.3, -0.25) is 14.6 Å². The zero-order chi connectivity index (χ0) is 23.5. The van der Waals surface area contributed by atoms with Crippen LogP contribution in [0.3, 0.4) is 0 Å². The third-order valence-corrected chi connectivity index (χ3v) is 5.32. The van der Waals surface area contributed by atoms with Crippen LogP contribution in [0.5, 0.6) is 11.5 Å². The lowest BCUT2D eigenvalue weighted by molar-refractivity contribution is -0.140. The number of aliphatic hydroxyl groups excluding tert-OH is 1. The molecule has 0 saturated carbocycles. The van der Waals surface area contributed by atoms with E-state index in [1.807, 2.05) is 19.9 Å². The zero-order valence-electron chi connectivity index (χ0n) is 18.3. The minimum Gasteiger partial charge on any atom is -0.508 e. The van der Waals surface area contributed by atoms with Crippen molar-refractivity contribution in [3.8, 4) is 11.5 Å². The Balaban J connectivity index is 1.79. The van der Waals surface area contributed by atoms with E-state index in [4.69, 9.17) is 4.74 Å². The molecule has 33 heavy (non-hydrogen) atoms. The molecule has 4 rings (SSSR count). The monoisotopic (exact) mass is 444 g/mol. The molecule has 0 spiro atoms. The van der Waals surface area contributed by atoms with E-state index in [0.29, 0.717) is 16.9 Å². The van der Waals surface area contributed by atoms with E-state index in [1.165, 1.54) is 17.0 Å². The number of rotatable bonds is 6. The van der Waals surface area contributed by atoms with Crippen molar-refractivity contribution in [1.29, 1.82) is 0 Å². The second-order valence-electron chi connectivity index (χ2n) is 8.07. The van der Waals surface area contributed by atoms with Crippen LogP contribution in [0.25, 0.3) is 5.76 Å². The number of aliphatic hydroxyl groups is 1. The summed E-state index contributed by atoms with van der Waals surface area (Å²) in [5, 5.41) is 20.8. The van der Waals surface area contributed by atoms with Gasteiger partial charge >= 0.3 is 0 Å². The Labute approximate surface area is 191 Å². The van der Waals surface area contributed by atoms with Gasteiger partial charge in [0.05, 0.1) is 17.7 Å². The molecule has 168 valence electrons. The molecule has 0 aliphatic carbocycles. The van der Waals surface area contributed by atoms with Crippen LogP contribution in [0.15, 0.2) is 78.6 Å². The fraction of sp³-hybridized carbons (Fsp3) is 0.192. The predicted octanol–water partition coefficient (Wildman–Crippen LogP) is 4.20. The highest BCUT2D eigenvalue weighted by Crippen LogP contribution is 2.40. The maximum absolute atomic E-state index is 13.1. The first-order valence-electron chi connectivity index (χ1n) is 10.6. The average molecular weight is 444 g/mol. The second kappa shape index (κ2) is 9.16. The molecule has 1 aliphatic rings. The largest absolute Gasteiger partial charge is 0.508 e. The number of aromatic hydroxyl groups is 1. The van der Waals surface area contributed by atoms with Gasteiger partial charge in [0.2, 0.25) is 0 Å². The molecule has 7 nitrogen and oxygen atoms in total. The molecule has 3 aromatic rings. The van der Waals surface area contributed by atoms with Gasteiger partial charge in [0.15, 0.2) is 0 Å². The number of phenols is 1. The number of amides is 1. The summed E-state index contributed by atoms with van der Waals surface area (Å²) in [5.74, 6) is -1.05. The summed E-state index contributed by atoms with van der Waals surface area (Å²) in [6, 6.07) is 15.7. The van der Waals surface area contributed by atoms with E-state index in [9.17, 15) is 19.8 Å². The van der Waals surface area contributed by atoms with E-state index >= 15 is 0 Å². The van der Waals surface area contributed by atoms with Gasteiger partial charge in [0.25, 0.3) is 11.7 Å². The standard InChI is InChI=1S/C26H24N2O5/c1-16(2)33-21-11-7-19(8-12-21)24(30)22-23(18-5-9-20(29)10-6-18)28(26(32)25(22)31)15-17-4-3-13-27-14-17/h3-14,16,23,29-30H,15H2,1-2H3/t23-/m1/s1. The second-order valence-corrected chi connectivity index (χ2v) is 8.07. The Kier molecular flexibility index (Phi) is 6.13. The Morgan fingerprint density at radius 2 is 1.76 bits per heavy atom. The van der Waals surface area contributed by atoms with E-state index in [-0.39, 0.29) is 29.7 Å². The number of Topliss-reactive ketones (excluding diaryl/α,β-unsaturated/α-hetero) is 1. The van der Waals surface area contributed by atoms with Gasteiger partial charge in [-0.15, -0.1) is 0 Å². The molecule has 0 bridgehead atoms. The number of likely N-dealkylation sites (tertiary alicyclic amines) is 1. The first-order chi connectivity index (χ1) is 15.8. The van der Waals surface area contributed by atoms with Crippen molar-refractivity contribution in [1.82, 2.24) is 9.88 Å². The van der Waals surface area contributed by atoms with Gasteiger partial charge in [0, 0.05) is 24.5 Å². The molecule has 1 amide bonds. The molecule has 1 fully saturated rings. The summed E-state index contributed by atoms with van der Waals surface area (Å²) in [5.41, 5.74) is 1.73. The maximum Gasteiger partial charge on any atom is 0.295 e. The van der Waals surface area contributed by atoms with Gasteiger partial charge in [-0.2, -0.15) is 0 Å². The summed E-state index contributed by atoms with van der Waals surface area (Å²) < 4.78 is 5.64. The number of phenolic OH excluding ortho intramolecular Hbond substituents is 1. The molecule has 0 unspecified atom stereocenters. The number of carbonyl (C=O) groups excluding carboxylic acids is 2. The quantitative estimate of drug-likeness (QED) is 0.336. The van der Waals surface area contributed by atoms with Crippen molar-refractivity contribution in [2.75, 3.05) is 0 Å². The molecular formula is C26H24N2O5. The van der Waals surface area contributed by atoms with Crippen molar-refractivity contribution in [3.63, 3.8) is 0 Å².